The van der Waals surface area contributed by atoms with Crippen molar-refractivity contribution in [3.8, 4) is 5.75 Å². The maximum atomic E-state index is 12.6. The van der Waals surface area contributed by atoms with E-state index in [0.717, 1.165) is 6.42 Å². The van der Waals surface area contributed by atoms with Crippen LogP contribution in [0.2, 0.25) is 0 Å². The molecule has 1 amide bonds. The molecular formula is C18H24N4O3. The third-order valence-electron chi connectivity index (χ3n) is 4.58. The molecule has 1 saturated heterocycles. The number of phenols is 1. The Morgan fingerprint density at radius 2 is 2.20 bits per heavy atom. The van der Waals surface area contributed by atoms with Gasteiger partial charge >= 0.3 is 0 Å². The highest BCUT2D eigenvalue weighted by atomic mass is 16.5. The average molecular weight is 344 g/mol. The first-order chi connectivity index (χ1) is 12.0. The molecule has 1 N–H and O–H groups in total. The van der Waals surface area contributed by atoms with Gasteiger partial charge in [-0.05, 0) is 25.6 Å². The van der Waals surface area contributed by atoms with Gasteiger partial charge in [0, 0.05) is 25.0 Å². The molecule has 1 aliphatic heterocycles. The van der Waals surface area contributed by atoms with E-state index in [2.05, 4.69) is 15.0 Å². The molecule has 2 heterocycles. The van der Waals surface area contributed by atoms with Crippen molar-refractivity contribution in [2.75, 3.05) is 20.1 Å². The fourth-order valence-electron chi connectivity index (χ4n) is 3.03. The Kier molecular flexibility index (Phi) is 5.03. The molecule has 0 saturated carbocycles. The lowest BCUT2D eigenvalue weighted by atomic mass is 10.2. The third-order valence-corrected chi connectivity index (χ3v) is 4.58. The van der Waals surface area contributed by atoms with Crippen molar-refractivity contribution >= 4 is 5.91 Å². The second-order valence-corrected chi connectivity index (χ2v) is 6.83. The number of amides is 1. The van der Waals surface area contributed by atoms with Crippen LogP contribution in [-0.4, -0.2) is 57.1 Å². The summed E-state index contributed by atoms with van der Waals surface area (Å²) >= 11 is 0. The molecule has 1 atom stereocenters. The van der Waals surface area contributed by atoms with E-state index in [1.54, 1.807) is 23.1 Å². The molecule has 3 rings (SSSR count). The largest absolute Gasteiger partial charge is 0.507 e. The number of carbonyl (C=O) groups is 1. The van der Waals surface area contributed by atoms with Crippen molar-refractivity contribution in [2.45, 2.75) is 38.8 Å². The first kappa shape index (κ1) is 17.4. The summed E-state index contributed by atoms with van der Waals surface area (Å²) in [6.45, 7) is 5.91. The van der Waals surface area contributed by atoms with Crippen LogP contribution in [-0.2, 0) is 6.54 Å². The van der Waals surface area contributed by atoms with Gasteiger partial charge in [0.2, 0.25) is 5.89 Å². The molecule has 2 aromatic rings. The van der Waals surface area contributed by atoms with E-state index in [9.17, 15) is 9.90 Å². The Labute approximate surface area is 147 Å². The maximum Gasteiger partial charge on any atom is 0.257 e. The summed E-state index contributed by atoms with van der Waals surface area (Å²) in [5.74, 6) is 1.42. The van der Waals surface area contributed by atoms with E-state index < -0.39 is 0 Å². The molecule has 7 nitrogen and oxygen atoms in total. The lowest BCUT2D eigenvalue weighted by Gasteiger charge is -2.23. The Morgan fingerprint density at radius 3 is 2.88 bits per heavy atom. The fraction of sp³-hybridized carbons (Fsp3) is 0.500. The second-order valence-electron chi connectivity index (χ2n) is 6.83. The number of rotatable bonds is 5. The van der Waals surface area contributed by atoms with Crippen molar-refractivity contribution in [3.63, 3.8) is 0 Å². The van der Waals surface area contributed by atoms with Crippen molar-refractivity contribution in [1.82, 2.24) is 19.9 Å². The number of aromatic nitrogens is 2. The Morgan fingerprint density at radius 1 is 1.44 bits per heavy atom. The molecule has 1 unspecified atom stereocenters. The fourth-order valence-corrected chi connectivity index (χ4v) is 3.03. The van der Waals surface area contributed by atoms with Gasteiger partial charge in [0.15, 0.2) is 5.82 Å². The van der Waals surface area contributed by atoms with Crippen LogP contribution in [0.25, 0.3) is 0 Å². The Hall–Kier alpha value is -2.41. The van der Waals surface area contributed by atoms with Gasteiger partial charge in [-0.25, -0.2) is 0 Å². The SMILES string of the molecule is CC(C)c1nc(CN(C)C2CCN(C(=O)c3ccccc3O)C2)no1. The molecule has 1 fully saturated rings. The van der Waals surface area contributed by atoms with Gasteiger partial charge in [0.25, 0.3) is 5.91 Å². The number of carbonyl (C=O) groups excluding carboxylic acids is 1. The Bertz CT molecular complexity index is 743. The molecule has 25 heavy (non-hydrogen) atoms. The van der Waals surface area contributed by atoms with Gasteiger partial charge in [-0.2, -0.15) is 4.98 Å². The summed E-state index contributed by atoms with van der Waals surface area (Å²) in [6, 6.07) is 6.89. The van der Waals surface area contributed by atoms with Gasteiger partial charge in [0.05, 0.1) is 12.1 Å². The number of phenolic OH excluding ortho intramolecular Hbond substituents is 1. The van der Waals surface area contributed by atoms with E-state index >= 15 is 0 Å². The number of para-hydroxylation sites is 1. The van der Waals surface area contributed by atoms with Gasteiger partial charge < -0.3 is 14.5 Å². The lowest BCUT2D eigenvalue weighted by molar-refractivity contribution is 0.0776. The van der Waals surface area contributed by atoms with Gasteiger partial charge in [0.1, 0.15) is 5.75 Å². The van der Waals surface area contributed by atoms with Crippen molar-refractivity contribution in [2.24, 2.45) is 0 Å². The number of likely N-dealkylation sites (N-methyl/N-ethyl adjacent to an activating group) is 1. The van der Waals surface area contributed by atoms with E-state index in [1.807, 2.05) is 20.9 Å². The predicted octanol–water partition coefficient (Wildman–Crippen LogP) is 2.25. The van der Waals surface area contributed by atoms with E-state index in [1.165, 1.54) is 6.07 Å². The van der Waals surface area contributed by atoms with Crippen LogP contribution in [0.3, 0.4) is 0 Å². The van der Waals surface area contributed by atoms with Crippen LogP contribution in [0.4, 0.5) is 0 Å². The smallest absolute Gasteiger partial charge is 0.257 e. The zero-order valence-corrected chi connectivity index (χ0v) is 14.8. The quantitative estimate of drug-likeness (QED) is 0.896. The minimum atomic E-state index is -0.129. The standard InChI is InChI=1S/C18H24N4O3/c1-12(2)17-19-16(20-25-17)11-21(3)13-8-9-22(10-13)18(24)14-6-4-5-7-15(14)23/h4-7,12-13,23H,8-11H2,1-3H3. The minimum absolute atomic E-state index is 0.0253. The first-order valence-electron chi connectivity index (χ1n) is 8.55. The molecular weight excluding hydrogens is 320 g/mol. The number of likely N-dealkylation sites (tertiary alicyclic amines) is 1. The van der Waals surface area contributed by atoms with Crippen LogP contribution < -0.4 is 0 Å². The molecule has 1 aromatic heterocycles. The first-order valence-corrected chi connectivity index (χ1v) is 8.55. The third kappa shape index (κ3) is 3.82. The van der Waals surface area contributed by atoms with Crippen molar-refractivity contribution in [3.05, 3.63) is 41.5 Å². The summed E-state index contributed by atoms with van der Waals surface area (Å²) in [6.07, 6.45) is 0.880. The van der Waals surface area contributed by atoms with Gasteiger partial charge in [-0.1, -0.05) is 31.1 Å². The summed E-state index contributed by atoms with van der Waals surface area (Å²) < 4.78 is 5.24. The van der Waals surface area contributed by atoms with Crippen molar-refractivity contribution in [1.29, 1.82) is 0 Å². The van der Waals surface area contributed by atoms with Gasteiger partial charge in [-0.3, -0.25) is 9.69 Å². The molecule has 0 aliphatic carbocycles. The highest BCUT2D eigenvalue weighted by Crippen LogP contribution is 2.23. The van der Waals surface area contributed by atoms with E-state index in [-0.39, 0.29) is 23.6 Å². The summed E-state index contributed by atoms with van der Waals surface area (Å²) in [5, 5.41) is 13.9. The zero-order chi connectivity index (χ0) is 18.0. The average Bonchev–Trinajstić information content (AvgIpc) is 3.24. The Balaban J connectivity index is 1.60. The topological polar surface area (TPSA) is 82.7 Å². The van der Waals surface area contributed by atoms with E-state index in [4.69, 9.17) is 4.52 Å². The lowest BCUT2D eigenvalue weighted by Crippen LogP contribution is -2.36. The van der Waals surface area contributed by atoms with Crippen LogP contribution >= 0.6 is 0 Å². The number of nitrogens with zero attached hydrogens (tertiary/aromatic N) is 4. The van der Waals surface area contributed by atoms with Crippen molar-refractivity contribution < 1.29 is 14.4 Å². The zero-order valence-electron chi connectivity index (χ0n) is 14.8. The molecule has 7 heteroatoms. The van der Waals surface area contributed by atoms with Crippen LogP contribution in [0.1, 0.15) is 48.3 Å². The monoisotopic (exact) mass is 344 g/mol. The molecule has 1 aliphatic rings. The predicted molar refractivity (Wildman–Crippen MR) is 92.3 cm³/mol. The molecule has 1 aromatic carbocycles. The van der Waals surface area contributed by atoms with Crippen LogP contribution in [0.15, 0.2) is 28.8 Å². The number of hydrogen-bond acceptors (Lipinski definition) is 6. The maximum absolute atomic E-state index is 12.6. The highest BCUT2D eigenvalue weighted by molar-refractivity contribution is 5.97. The summed E-state index contributed by atoms with van der Waals surface area (Å²) in [4.78, 5) is 20.9. The molecule has 134 valence electrons. The second kappa shape index (κ2) is 7.23. The summed E-state index contributed by atoms with van der Waals surface area (Å²) in [5.41, 5.74) is 0.352. The minimum Gasteiger partial charge on any atom is -0.507 e. The van der Waals surface area contributed by atoms with E-state index in [0.29, 0.717) is 36.9 Å². The van der Waals surface area contributed by atoms with Crippen LogP contribution in [0.5, 0.6) is 5.75 Å². The highest BCUT2D eigenvalue weighted by Gasteiger charge is 2.30. The number of aromatic hydroxyl groups is 1. The summed E-state index contributed by atoms with van der Waals surface area (Å²) in [7, 11) is 2.00. The molecule has 0 bridgehead atoms. The number of benzene rings is 1. The molecule has 0 radical (unpaired) electrons. The van der Waals surface area contributed by atoms with Crippen LogP contribution in [0, 0.1) is 0 Å². The normalized spacial score (nSPS) is 17.6. The molecule has 0 spiro atoms. The van der Waals surface area contributed by atoms with Gasteiger partial charge in [-0.15, -0.1) is 0 Å². The number of hydrogen-bond donors (Lipinski definition) is 1.